The average Bonchev–Trinajstić information content (AvgIpc) is 3.05. The number of hydrogen-bond donors (Lipinski definition) is 3. The highest BCUT2D eigenvalue weighted by Gasteiger charge is 2.30. The number of aromatic nitrogens is 2. The number of nitrogens with one attached hydrogen (secondary N) is 2. The second kappa shape index (κ2) is 10.1. The van der Waals surface area contributed by atoms with Crippen LogP contribution < -0.4 is 10.6 Å². The van der Waals surface area contributed by atoms with Gasteiger partial charge in [-0.2, -0.15) is 5.10 Å². The highest BCUT2D eigenvalue weighted by atomic mass is 35.5. The van der Waals surface area contributed by atoms with Gasteiger partial charge >= 0.3 is 6.09 Å². The maximum atomic E-state index is 13.6. The molecule has 2 rings (SSSR count). The van der Waals surface area contributed by atoms with E-state index >= 15 is 0 Å². The topological polar surface area (TPSA) is 130 Å². The SMILES string of the molecule is CCc1nn(C[C@H](C)NC(=O)O)c(CC)c1S(=O)(=O)c1ccc(NC(=O)C(C)(C)C)c(Cl)c1. The molecular formula is C22H31ClN4O5S. The van der Waals surface area contributed by atoms with Crippen LogP contribution in [0.1, 0.15) is 52.9 Å². The van der Waals surface area contributed by atoms with Crippen LogP contribution in [0, 0.1) is 5.41 Å². The molecular weight excluding hydrogens is 468 g/mol. The Balaban J connectivity index is 2.50. The van der Waals surface area contributed by atoms with Crippen LogP contribution >= 0.6 is 11.6 Å². The molecule has 1 atom stereocenters. The van der Waals surface area contributed by atoms with Crippen LogP contribution in [0.2, 0.25) is 5.02 Å². The monoisotopic (exact) mass is 498 g/mol. The zero-order chi connectivity index (χ0) is 25.1. The number of carboxylic acid groups (broad SMARTS) is 1. The van der Waals surface area contributed by atoms with Crippen molar-refractivity contribution in [1.29, 1.82) is 0 Å². The summed E-state index contributed by atoms with van der Waals surface area (Å²) in [5.74, 6) is -0.244. The maximum absolute atomic E-state index is 13.6. The summed E-state index contributed by atoms with van der Waals surface area (Å²) < 4.78 is 28.8. The van der Waals surface area contributed by atoms with Crippen LogP contribution in [-0.4, -0.2) is 41.3 Å². The van der Waals surface area contributed by atoms with E-state index in [0.717, 1.165) is 0 Å². The number of sulfone groups is 1. The third kappa shape index (κ3) is 6.05. The van der Waals surface area contributed by atoms with Crippen LogP contribution in [0.25, 0.3) is 0 Å². The van der Waals surface area contributed by atoms with E-state index in [9.17, 15) is 18.0 Å². The summed E-state index contributed by atoms with van der Waals surface area (Å²) in [7, 11) is -3.98. The molecule has 0 aliphatic heterocycles. The first kappa shape index (κ1) is 26.7. The number of nitrogens with zero attached hydrogens (tertiary/aromatic N) is 2. The van der Waals surface area contributed by atoms with Gasteiger partial charge in [0.2, 0.25) is 15.7 Å². The number of rotatable bonds is 8. The molecule has 11 heteroatoms. The first-order valence-electron chi connectivity index (χ1n) is 10.7. The molecule has 0 saturated carbocycles. The number of hydrogen-bond acceptors (Lipinski definition) is 5. The lowest BCUT2D eigenvalue weighted by Crippen LogP contribution is -2.35. The van der Waals surface area contributed by atoms with Gasteiger partial charge in [0.15, 0.2) is 0 Å². The van der Waals surface area contributed by atoms with Gasteiger partial charge in [0.05, 0.1) is 33.5 Å². The Hall–Kier alpha value is -2.59. The zero-order valence-electron chi connectivity index (χ0n) is 19.7. The summed E-state index contributed by atoms with van der Waals surface area (Å²) in [6.45, 7) is 10.8. The molecule has 1 aromatic carbocycles. The van der Waals surface area contributed by atoms with Crippen molar-refractivity contribution in [1.82, 2.24) is 15.1 Å². The van der Waals surface area contributed by atoms with E-state index in [1.54, 1.807) is 32.4 Å². The Morgan fingerprint density at radius 1 is 1.21 bits per heavy atom. The highest BCUT2D eigenvalue weighted by Crippen LogP contribution is 2.33. The van der Waals surface area contributed by atoms with Gasteiger partial charge in [0, 0.05) is 11.5 Å². The third-order valence-corrected chi connectivity index (χ3v) is 7.21. The van der Waals surface area contributed by atoms with E-state index in [1.807, 2.05) is 13.8 Å². The number of aryl methyl sites for hydroxylation is 1. The van der Waals surface area contributed by atoms with Crippen molar-refractivity contribution in [2.24, 2.45) is 5.41 Å². The van der Waals surface area contributed by atoms with Gasteiger partial charge in [-0.15, -0.1) is 0 Å². The molecule has 0 unspecified atom stereocenters. The van der Waals surface area contributed by atoms with Crippen molar-refractivity contribution >= 4 is 39.1 Å². The maximum Gasteiger partial charge on any atom is 0.404 e. The molecule has 0 saturated heterocycles. The Morgan fingerprint density at radius 2 is 1.85 bits per heavy atom. The van der Waals surface area contributed by atoms with Crippen molar-refractivity contribution in [3.63, 3.8) is 0 Å². The van der Waals surface area contributed by atoms with Crippen LogP contribution in [-0.2, 0) is 34.0 Å². The molecule has 2 aromatic rings. The largest absolute Gasteiger partial charge is 0.465 e. The summed E-state index contributed by atoms with van der Waals surface area (Å²) in [6.07, 6.45) is -0.401. The van der Waals surface area contributed by atoms with Crippen molar-refractivity contribution in [2.45, 2.75) is 76.8 Å². The predicted octanol–water partition coefficient (Wildman–Crippen LogP) is 4.13. The number of carbonyl (C=O) groups is 2. The first-order valence-corrected chi connectivity index (χ1v) is 12.5. The number of benzene rings is 1. The molecule has 1 heterocycles. The van der Waals surface area contributed by atoms with Gasteiger partial charge in [-0.05, 0) is 38.0 Å². The summed E-state index contributed by atoms with van der Waals surface area (Å²) in [5, 5.41) is 18.6. The zero-order valence-corrected chi connectivity index (χ0v) is 21.3. The molecule has 2 amide bonds. The lowest BCUT2D eigenvalue weighted by atomic mass is 9.95. The van der Waals surface area contributed by atoms with Crippen molar-refractivity contribution in [3.8, 4) is 0 Å². The molecule has 0 aliphatic carbocycles. The first-order chi connectivity index (χ1) is 15.2. The van der Waals surface area contributed by atoms with Gasteiger partial charge in [0.1, 0.15) is 4.90 Å². The second-order valence-corrected chi connectivity index (χ2v) is 11.1. The Labute approximate surface area is 199 Å². The summed E-state index contributed by atoms with van der Waals surface area (Å²) in [5.41, 5.74) is 0.579. The lowest BCUT2D eigenvalue weighted by Gasteiger charge is -2.18. The standard InChI is InChI=1S/C22H31ClN4O5S/c1-7-16-19(18(8-2)27(26-16)12-13(3)24-21(29)30)33(31,32)14-9-10-17(15(23)11-14)25-20(28)22(4,5)6/h9-11,13,24H,7-8,12H2,1-6H3,(H,25,28)(H,29,30)/t13-/m0/s1. The van der Waals surface area contributed by atoms with Crippen LogP contribution in [0.3, 0.4) is 0 Å². The Bertz CT molecular complexity index is 1150. The third-order valence-electron chi connectivity index (χ3n) is 5.01. The summed E-state index contributed by atoms with van der Waals surface area (Å²) >= 11 is 6.32. The predicted molar refractivity (Wildman–Crippen MR) is 127 cm³/mol. The van der Waals surface area contributed by atoms with Gasteiger partial charge in [-0.1, -0.05) is 46.2 Å². The van der Waals surface area contributed by atoms with E-state index < -0.39 is 27.4 Å². The smallest absolute Gasteiger partial charge is 0.404 e. The van der Waals surface area contributed by atoms with Crippen LogP contribution in [0.5, 0.6) is 0 Å². The van der Waals surface area contributed by atoms with E-state index in [2.05, 4.69) is 15.7 Å². The van der Waals surface area contributed by atoms with Gasteiger partial charge in [-0.3, -0.25) is 9.48 Å². The lowest BCUT2D eigenvalue weighted by molar-refractivity contribution is -0.123. The van der Waals surface area contributed by atoms with Crippen molar-refractivity contribution < 1.29 is 23.1 Å². The molecule has 1 aromatic heterocycles. The minimum absolute atomic E-state index is 0.0121. The fourth-order valence-corrected chi connectivity index (χ4v) is 5.38. The molecule has 0 fully saturated rings. The van der Waals surface area contributed by atoms with E-state index in [-0.39, 0.29) is 27.3 Å². The molecule has 3 N–H and O–H groups in total. The van der Waals surface area contributed by atoms with Gasteiger partial charge in [-0.25, -0.2) is 13.2 Å². The minimum Gasteiger partial charge on any atom is -0.465 e. The molecule has 0 aliphatic rings. The fraction of sp³-hybridized carbons (Fsp3) is 0.500. The summed E-state index contributed by atoms with van der Waals surface area (Å²) in [4.78, 5) is 23.3. The number of amides is 2. The molecule has 0 radical (unpaired) electrons. The van der Waals surface area contributed by atoms with E-state index in [4.69, 9.17) is 16.7 Å². The normalized spacial score (nSPS) is 12.9. The van der Waals surface area contributed by atoms with Gasteiger partial charge in [0.25, 0.3) is 0 Å². The Morgan fingerprint density at radius 3 is 2.33 bits per heavy atom. The summed E-state index contributed by atoms with van der Waals surface area (Å²) in [6, 6.07) is 3.73. The van der Waals surface area contributed by atoms with E-state index in [1.165, 1.54) is 18.2 Å². The molecule has 33 heavy (non-hydrogen) atoms. The quantitative estimate of drug-likeness (QED) is 0.501. The van der Waals surface area contributed by atoms with Crippen molar-refractivity contribution in [2.75, 3.05) is 5.32 Å². The Kier molecular flexibility index (Phi) is 8.18. The van der Waals surface area contributed by atoms with E-state index in [0.29, 0.717) is 29.9 Å². The molecule has 0 bridgehead atoms. The highest BCUT2D eigenvalue weighted by molar-refractivity contribution is 7.91. The molecule has 0 spiro atoms. The van der Waals surface area contributed by atoms with Crippen molar-refractivity contribution in [3.05, 3.63) is 34.6 Å². The number of halogens is 1. The second-order valence-electron chi connectivity index (χ2n) is 8.81. The van der Waals surface area contributed by atoms with Crippen LogP contribution in [0.4, 0.5) is 10.5 Å². The fourth-order valence-electron chi connectivity index (χ4n) is 3.28. The number of anilines is 1. The van der Waals surface area contributed by atoms with Crippen LogP contribution in [0.15, 0.2) is 28.0 Å². The van der Waals surface area contributed by atoms with Gasteiger partial charge < -0.3 is 15.7 Å². The molecule has 182 valence electrons. The minimum atomic E-state index is -3.98. The average molecular weight is 499 g/mol. The molecule has 9 nitrogen and oxygen atoms in total. The number of carbonyl (C=O) groups excluding carboxylic acids is 1.